The Labute approximate surface area is 205 Å². The molecule has 35 heavy (non-hydrogen) atoms. The first-order chi connectivity index (χ1) is 16.9. The number of anilines is 1. The number of carbonyl (C=O) groups is 4. The Morgan fingerprint density at radius 1 is 1.14 bits per heavy atom. The number of amides is 3. The van der Waals surface area contributed by atoms with Gasteiger partial charge in [-0.15, -0.1) is 0 Å². The number of ether oxygens (including phenoxy) is 1. The van der Waals surface area contributed by atoms with Crippen molar-refractivity contribution in [2.45, 2.75) is 32.4 Å². The minimum atomic E-state index is -0.901. The quantitative estimate of drug-likeness (QED) is 0.504. The van der Waals surface area contributed by atoms with Crippen LogP contribution in [-0.2, 0) is 25.7 Å². The summed E-state index contributed by atoms with van der Waals surface area (Å²) in [4.78, 5) is 53.2. The van der Waals surface area contributed by atoms with Crippen molar-refractivity contribution in [3.05, 3.63) is 65.7 Å². The summed E-state index contributed by atoms with van der Waals surface area (Å²) in [6.07, 6.45) is 0.494. The third-order valence-electron chi connectivity index (χ3n) is 5.64. The summed E-state index contributed by atoms with van der Waals surface area (Å²) in [5.74, 6) is -1.33. The molecular weight excluding hydrogens is 448 g/mol. The largest absolute Gasteiger partial charge is 0.466 e. The van der Waals surface area contributed by atoms with E-state index in [0.29, 0.717) is 37.3 Å². The van der Waals surface area contributed by atoms with E-state index in [1.807, 2.05) is 37.3 Å². The Morgan fingerprint density at radius 3 is 2.66 bits per heavy atom. The molecule has 0 saturated carbocycles. The SMILES string of the molecule is CCCOC(=O)CC1C(=O)NCCN1C(=O)CNc1cccc(C(=O)N(C)Cc2ccccc2)c1. The van der Waals surface area contributed by atoms with Gasteiger partial charge in [0.2, 0.25) is 11.8 Å². The van der Waals surface area contributed by atoms with Crippen LogP contribution >= 0.6 is 0 Å². The summed E-state index contributed by atoms with van der Waals surface area (Å²) in [7, 11) is 1.74. The molecule has 3 amide bonds. The summed E-state index contributed by atoms with van der Waals surface area (Å²) in [6, 6.07) is 15.8. The molecule has 1 unspecified atom stereocenters. The number of carbonyl (C=O) groups excluding carboxylic acids is 4. The second-order valence-corrected chi connectivity index (χ2v) is 8.40. The molecule has 9 heteroatoms. The van der Waals surface area contributed by atoms with E-state index in [2.05, 4.69) is 10.6 Å². The molecule has 0 spiro atoms. The van der Waals surface area contributed by atoms with Crippen LogP contribution < -0.4 is 10.6 Å². The molecule has 1 atom stereocenters. The summed E-state index contributed by atoms with van der Waals surface area (Å²) in [5, 5.41) is 5.74. The average Bonchev–Trinajstić information content (AvgIpc) is 2.87. The molecule has 0 aliphatic carbocycles. The third-order valence-corrected chi connectivity index (χ3v) is 5.64. The number of esters is 1. The van der Waals surface area contributed by atoms with Crippen molar-refractivity contribution < 1.29 is 23.9 Å². The lowest BCUT2D eigenvalue weighted by Crippen LogP contribution is -2.58. The van der Waals surface area contributed by atoms with E-state index in [-0.39, 0.29) is 37.3 Å². The number of hydrogen-bond acceptors (Lipinski definition) is 6. The van der Waals surface area contributed by atoms with Gasteiger partial charge in [-0.25, -0.2) is 0 Å². The highest BCUT2D eigenvalue weighted by atomic mass is 16.5. The second-order valence-electron chi connectivity index (χ2n) is 8.40. The Balaban J connectivity index is 1.59. The van der Waals surface area contributed by atoms with Crippen molar-refractivity contribution in [1.29, 1.82) is 0 Å². The molecule has 1 heterocycles. The van der Waals surface area contributed by atoms with Crippen LogP contribution in [0.3, 0.4) is 0 Å². The maximum absolute atomic E-state index is 12.9. The number of piperazine rings is 1. The van der Waals surface area contributed by atoms with E-state index in [9.17, 15) is 19.2 Å². The third kappa shape index (κ3) is 7.30. The molecule has 2 aromatic carbocycles. The number of nitrogens with one attached hydrogen (secondary N) is 2. The molecule has 0 radical (unpaired) electrons. The number of hydrogen-bond donors (Lipinski definition) is 2. The number of benzene rings is 2. The zero-order valence-corrected chi connectivity index (χ0v) is 20.2. The molecule has 1 aliphatic rings. The Morgan fingerprint density at radius 2 is 1.91 bits per heavy atom. The van der Waals surface area contributed by atoms with Gasteiger partial charge in [0, 0.05) is 37.9 Å². The lowest BCUT2D eigenvalue weighted by Gasteiger charge is -2.34. The fourth-order valence-corrected chi connectivity index (χ4v) is 3.84. The Hall–Kier alpha value is -3.88. The van der Waals surface area contributed by atoms with E-state index >= 15 is 0 Å². The van der Waals surface area contributed by atoms with Crippen LogP contribution in [0.2, 0.25) is 0 Å². The van der Waals surface area contributed by atoms with Gasteiger partial charge in [-0.3, -0.25) is 19.2 Å². The predicted molar refractivity (Wildman–Crippen MR) is 132 cm³/mol. The molecule has 9 nitrogen and oxygen atoms in total. The first-order valence-electron chi connectivity index (χ1n) is 11.7. The van der Waals surface area contributed by atoms with Crippen molar-refractivity contribution in [3.8, 4) is 0 Å². The lowest BCUT2D eigenvalue weighted by atomic mass is 10.1. The highest BCUT2D eigenvalue weighted by molar-refractivity contribution is 5.95. The van der Waals surface area contributed by atoms with Crippen LogP contribution in [0, 0.1) is 0 Å². The summed E-state index contributed by atoms with van der Waals surface area (Å²) < 4.78 is 5.08. The van der Waals surface area contributed by atoms with E-state index in [4.69, 9.17) is 4.74 Å². The summed E-state index contributed by atoms with van der Waals surface area (Å²) in [5.41, 5.74) is 2.13. The summed E-state index contributed by atoms with van der Waals surface area (Å²) in [6.45, 7) is 3.19. The predicted octanol–water partition coefficient (Wildman–Crippen LogP) is 2.04. The minimum Gasteiger partial charge on any atom is -0.466 e. The maximum Gasteiger partial charge on any atom is 0.308 e. The van der Waals surface area contributed by atoms with Gasteiger partial charge < -0.3 is 25.2 Å². The van der Waals surface area contributed by atoms with Gasteiger partial charge in [0.1, 0.15) is 6.04 Å². The number of rotatable bonds is 10. The van der Waals surface area contributed by atoms with Gasteiger partial charge in [-0.1, -0.05) is 43.3 Å². The molecule has 2 N–H and O–H groups in total. The molecule has 1 aliphatic heterocycles. The monoisotopic (exact) mass is 480 g/mol. The Bertz CT molecular complexity index is 1040. The van der Waals surface area contributed by atoms with Gasteiger partial charge >= 0.3 is 5.97 Å². The molecule has 0 aromatic heterocycles. The van der Waals surface area contributed by atoms with Crippen molar-refractivity contribution in [3.63, 3.8) is 0 Å². The van der Waals surface area contributed by atoms with Gasteiger partial charge in [0.15, 0.2) is 0 Å². The second kappa shape index (κ2) is 12.5. The van der Waals surface area contributed by atoms with Crippen molar-refractivity contribution >= 4 is 29.4 Å². The fraction of sp³-hybridized carbons (Fsp3) is 0.385. The Kier molecular flexibility index (Phi) is 9.23. The van der Waals surface area contributed by atoms with Crippen LogP contribution in [0.4, 0.5) is 5.69 Å². The zero-order chi connectivity index (χ0) is 25.2. The smallest absolute Gasteiger partial charge is 0.308 e. The highest BCUT2D eigenvalue weighted by Gasteiger charge is 2.34. The zero-order valence-electron chi connectivity index (χ0n) is 20.2. The van der Waals surface area contributed by atoms with Crippen molar-refractivity contribution in [2.75, 3.05) is 38.6 Å². The average molecular weight is 481 g/mol. The van der Waals surface area contributed by atoms with Crippen LogP contribution in [0.15, 0.2) is 54.6 Å². The molecule has 1 fully saturated rings. The van der Waals surface area contributed by atoms with E-state index in [1.54, 1.807) is 36.2 Å². The lowest BCUT2D eigenvalue weighted by molar-refractivity contribution is -0.151. The van der Waals surface area contributed by atoms with Gasteiger partial charge in [0.05, 0.1) is 19.6 Å². The number of nitrogens with zero attached hydrogens (tertiary/aromatic N) is 2. The van der Waals surface area contributed by atoms with Crippen LogP contribution in [0.5, 0.6) is 0 Å². The van der Waals surface area contributed by atoms with E-state index < -0.39 is 12.0 Å². The topological polar surface area (TPSA) is 108 Å². The van der Waals surface area contributed by atoms with Crippen molar-refractivity contribution in [2.24, 2.45) is 0 Å². The fourth-order valence-electron chi connectivity index (χ4n) is 3.84. The highest BCUT2D eigenvalue weighted by Crippen LogP contribution is 2.15. The minimum absolute atomic E-state index is 0.0781. The standard InChI is InChI=1S/C26H32N4O5/c1-3-14-35-24(32)16-22-25(33)27-12-13-30(22)23(31)17-28-21-11-7-10-20(15-21)26(34)29(2)18-19-8-5-4-6-9-19/h4-11,15,22,28H,3,12-14,16-18H2,1-2H3,(H,27,33). The van der Waals surface area contributed by atoms with Crippen LogP contribution in [-0.4, -0.2) is 72.8 Å². The molecule has 1 saturated heterocycles. The first kappa shape index (κ1) is 25.7. The van der Waals surface area contributed by atoms with Gasteiger partial charge in [-0.2, -0.15) is 0 Å². The first-order valence-corrected chi connectivity index (χ1v) is 11.7. The molecular formula is C26H32N4O5. The van der Waals surface area contributed by atoms with Gasteiger partial charge in [0.25, 0.3) is 5.91 Å². The molecule has 186 valence electrons. The van der Waals surface area contributed by atoms with Crippen LogP contribution in [0.25, 0.3) is 0 Å². The van der Waals surface area contributed by atoms with Crippen molar-refractivity contribution in [1.82, 2.24) is 15.1 Å². The summed E-state index contributed by atoms with van der Waals surface area (Å²) >= 11 is 0. The van der Waals surface area contributed by atoms with E-state index in [1.165, 1.54) is 4.90 Å². The maximum atomic E-state index is 12.9. The normalized spacial score (nSPS) is 15.2. The molecule has 2 aromatic rings. The van der Waals surface area contributed by atoms with Crippen LogP contribution in [0.1, 0.15) is 35.7 Å². The van der Waals surface area contributed by atoms with Gasteiger partial charge in [-0.05, 0) is 30.2 Å². The molecule has 0 bridgehead atoms. The molecule has 3 rings (SSSR count). The van der Waals surface area contributed by atoms with E-state index in [0.717, 1.165) is 5.56 Å².